The van der Waals surface area contributed by atoms with Crippen LogP contribution in [0.3, 0.4) is 0 Å². The minimum atomic E-state index is -0.0815. The first-order valence-electron chi connectivity index (χ1n) is 12.7. The van der Waals surface area contributed by atoms with Gasteiger partial charge in [0.2, 0.25) is 0 Å². The van der Waals surface area contributed by atoms with E-state index in [-0.39, 0.29) is 11.9 Å². The molecule has 2 heterocycles. The Morgan fingerprint density at radius 3 is 2.71 bits per heavy atom. The Morgan fingerprint density at radius 2 is 1.95 bits per heavy atom. The lowest BCUT2D eigenvalue weighted by Crippen LogP contribution is -2.44. The predicted molar refractivity (Wildman–Crippen MR) is 147 cm³/mol. The summed E-state index contributed by atoms with van der Waals surface area (Å²) < 4.78 is 7.53. The number of carbonyl (C=O) groups is 2. The molecule has 0 atom stereocenters. The van der Waals surface area contributed by atoms with Gasteiger partial charge in [0.15, 0.2) is 0 Å². The number of ether oxygens (including phenoxy) is 1. The number of carbonyl (C=O) groups excluding carboxylic acids is 2. The topological polar surface area (TPSA) is 76.5 Å². The van der Waals surface area contributed by atoms with E-state index in [1.54, 1.807) is 19.5 Å². The molecule has 7 nitrogen and oxygen atoms in total. The molecule has 192 valence electrons. The van der Waals surface area contributed by atoms with Crippen LogP contribution in [0.1, 0.15) is 50.2 Å². The van der Waals surface area contributed by atoms with Gasteiger partial charge < -0.3 is 14.6 Å². The first-order valence-corrected chi connectivity index (χ1v) is 12.7. The molecule has 0 radical (unpaired) electrons. The highest BCUT2D eigenvalue weighted by Crippen LogP contribution is 2.22. The van der Waals surface area contributed by atoms with Crippen molar-refractivity contribution in [3.05, 3.63) is 94.8 Å². The number of benzene rings is 3. The normalized spacial score (nSPS) is 14.2. The fraction of sp³-hybridized carbons (Fsp3) is 0.258. The lowest BCUT2D eigenvalue weighted by molar-refractivity contribution is 0.0909. The molecule has 1 aliphatic rings. The van der Waals surface area contributed by atoms with Gasteiger partial charge in [-0.25, -0.2) is 4.98 Å². The molecule has 4 aromatic rings. The average molecular weight is 507 g/mol. The Labute approximate surface area is 222 Å². The van der Waals surface area contributed by atoms with E-state index in [0.717, 1.165) is 66.7 Å². The molecule has 1 fully saturated rings. The monoisotopic (exact) mass is 506 g/mol. The molecule has 1 amide bonds. The predicted octanol–water partition coefficient (Wildman–Crippen LogP) is 4.28. The van der Waals surface area contributed by atoms with Gasteiger partial charge in [-0.1, -0.05) is 24.1 Å². The van der Waals surface area contributed by atoms with E-state index in [2.05, 4.69) is 25.7 Å². The zero-order chi connectivity index (χ0) is 26.5. The molecule has 1 saturated heterocycles. The van der Waals surface area contributed by atoms with E-state index < -0.39 is 0 Å². The van der Waals surface area contributed by atoms with Crippen LogP contribution in [0.4, 0.5) is 0 Å². The number of hydrogen-bond acceptors (Lipinski definition) is 5. The van der Waals surface area contributed by atoms with Gasteiger partial charge in [0.1, 0.15) is 12.0 Å². The maximum absolute atomic E-state index is 13.0. The van der Waals surface area contributed by atoms with Crippen molar-refractivity contribution in [2.75, 3.05) is 20.2 Å². The number of nitrogens with zero attached hydrogens (tertiary/aromatic N) is 3. The largest absolute Gasteiger partial charge is 0.496 e. The number of nitrogens with one attached hydrogen (secondary N) is 1. The third-order valence-corrected chi connectivity index (χ3v) is 7.06. The van der Waals surface area contributed by atoms with Crippen molar-refractivity contribution in [3.63, 3.8) is 0 Å². The van der Waals surface area contributed by atoms with E-state index in [1.807, 2.05) is 54.6 Å². The first-order chi connectivity index (χ1) is 18.6. The number of imidazole rings is 1. The molecule has 1 N–H and O–H groups in total. The van der Waals surface area contributed by atoms with Gasteiger partial charge in [-0.2, -0.15) is 0 Å². The Morgan fingerprint density at radius 1 is 1.13 bits per heavy atom. The van der Waals surface area contributed by atoms with E-state index in [4.69, 9.17) is 11.2 Å². The molecule has 7 heteroatoms. The molecule has 1 aromatic heterocycles. The van der Waals surface area contributed by atoms with Crippen LogP contribution in [-0.4, -0.2) is 52.9 Å². The standard InChI is InChI=1S/C31H30N4O3/c1-3-22-14-23(16-24(15-22)20-36)18-34-12-10-27(11-13-34)33-31(37)25-8-9-29-28(17-25)32-21-35(29)19-26-6-4-5-7-30(26)38-2/h1,4-9,14-17,20-21,27H,10-13,18-19H2,2H3,(H,33,37). The van der Waals surface area contributed by atoms with E-state index >= 15 is 0 Å². The number of terminal acetylenes is 1. The Kier molecular flexibility index (Phi) is 7.52. The maximum Gasteiger partial charge on any atom is 0.251 e. The van der Waals surface area contributed by atoms with Crippen molar-refractivity contribution in [1.29, 1.82) is 0 Å². The molecule has 38 heavy (non-hydrogen) atoms. The van der Waals surface area contributed by atoms with Gasteiger partial charge in [-0.05, 0) is 60.9 Å². The first kappa shape index (κ1) is 25.2. The second kappa shape index (κ2) is 11.3. The van der Waals surface area contributed by atoms with Crippen LogP contribution in [0, 0.1) is 12.3 Å². The number of amides is 1. The van der Waals surface area contributed by atoms with Crippen molar-refractivity contribution >= 4 is 23.2 Å². The minimum absolute atomic E-state index is 0.0815. The zero-order valence-corrected chi connectivity index (χ0v) is 21.4. The summed E-state index contributed by atoms with van der Waals surface area (Å²) in [6.45, 7) is 3.07. The molecule has 0 saturated carbocycles. The lowest BCUT2D eigenvalue weighted by Gasteiger charge is -2.32. The molecule has 1 aliphatic heterocycles. The highest BCUT2D eigenvalue weighted by Gasteiger charge is 2.22. The van der Waals surface area contributed by atoms with Crippen LogP contribution < -0.4 is 10.1 Å². The fourth-order valence-corrected chi connectivity index (χ4v) is 5.07. The fourth-order valence-electron chi connectivity index (χ4n) is 5.07. The Hall–Kier alpha value is -4.41. The van der Waals surface area contributed by atoms with Crippen LogP contribution >= 0.6 is 0 Å². The van der Waals surface area contributed by atoms with Crippen molar-refractivity contribution in [1.82, 2.24) is 19.8 Å². The SMILES string of the molecule is C#Cc1cc(C=O)cc(CN2CCC(NC(=O)c3ccc4c(c3)ncn4Cc3ccccc3OC)CC2)c1. The minimum Gasteiger partial charge on any atom is -0.496 e. The number of aromatic nitrogens is 2. The molecule has 3 aromatic carbocycles. The number of rotatable bonds is 8. The molecule has 5 rings (SSSR count). The summed E-state index contributed by atoms with van der Waals surface area (Å²) in [4.78, 5) is 31.1. The number of methoxy groups -OCH3 is 1. The number of likely N-dealkylation sites (tertiary alicyclic amines) is 1. The maximum atomic E-state index is 13.0. The van der Waals surface area contributed by atoms with E-state index in [1.165, 1.54) is 0 Å². The Bertz CT molecular complexity index is 1510. The highest BCUT2D eigenvalue weighted by molar-refractivity contribution is 5.97. The van der Waals surface area contributed by atoms with Gasteiger partial charge >= 0.3 is 0 Å². The van der Waals surface area contributed by atoms with Crippen molar-refractivity contribution in [2.24, 2.45) is 0 Å². The van der Waals surface area contributed by atoms with Crippen LogP contribution in [0.2, 0.25) is 0 Å². The van der Waals surface area contributed by atoms with Crippen LogP contribution in [0.15, 0.2) is 67.0 Å². The molecule has 0 bridgehead atoms. The second-order valence-corrected chi connectivity index (χ2v) is 9.64. The zero-order valence-electron chi connectivity index (χ0n) is 21.4. The van der Waals surface area contributed by atoms with Crippen molar-refractivity contribution < 1.29 is 14.3 Å². The molecule has 0 aliphatic carbocycles. The third kappa shape index (κ3) is 5.61. The number of fused-ring (bicyclic) bond motifs is 1. The van der Waals surface area contributed by atoms with Crippen LogP contribution in [0.25, 0.3) is 11.0 Å². The number of piperidine rings is 1. The highest BCUT2D eigenvalue weighted by atomic mass is 16.5. The molecular formula is C31H30N4O3. The van der Waals surface area contributed by atoms with Gasteiger partial charge in [0, 0.05) is 47.9 Å². The number of hydrogen-bond donors (Lipinski definition) is 1. The molecular weight excluding hydrogens is 476 g/mol. The van der Waals surface area contributed by atoms with Gasteiger partial charge in [-0.15, -0.1) is 6.42 Å². The van der Waals surface area contributed by atoms with Gasteiger partial charge in [-0.3, -0.25) is 14.5 Å². The summed E-state index contributed by atoms with van der Waals surface area (Å²) in [5.41, 5.74) is 5.76. The van der Waals surface area contributed by atoms with Crippen LogP contribution in [0.5, 0.6) is 5.75 Å². The molecule has 0 unspecified atom stereocenters. The summed E-state index contributed by atoms with van der Waals surface area (Å²) >= 11 is 0. The summed E-state index contributed by atoms with van der Waals surface area (Å²) in [7, 11) is 1.67. The third-order valence-electron chi connectivity index (χ3n) is 7.06. The molecule has 0 spiro atoms. The van der Waals surface area contributed by atoms with Gasteiger partial charge in [0.25, 0.3) is 5.91 Å². The smallest absolute Gasteiger partial charge is 0.251 e. The van der Waals surface area contributed by atoms with E-state index in [9.17, 15) is 9.59 Å². The Balaban J connectivity index is 1.18. The average Bonchev–Trinajstić information content (AvgIpc) is 3.36. The quantitative estimate of drug-likeness (QED) is 0.285. The summed E-state index contributed by atoms with van der Waals surface area (Å²) in [6, 6.07) is 19.3. The summed E-state index contributed by atoms with van der Waals surface area (Å²) in [5.74, 6) is 3.37. The van der Waals surface area contributed by atoms with E-state index in [0.29, 0.717) is 23.2 Å². The second-order valence-electron chi connectivity index (χ2n) is 9.64. The number of aldehydes is 1. The summed E-state index contributed by atoms with van der Waals surface area (Å²) in [6.07, 6.45) is 9.87. The summed E-state index contributed by atoms with van der Waals surface area (Å²) in [5, 5.41) is 3.19. The number of para-hydroxylation sites is 1. The lowest BCUT2D eigenvalue weighted by atomic mass is 10.0. The van der Waals surface area contributed by atoms with Crippen molar-refractivity contribution in [2.45, 2.75) is 32.0 Å². The van der Waals surface area contributed by atoms with Crippen LogP contribution in [-0.2, 0) is 13.1 Å². The van der Waals surface area contributed by atoms with Gasteiger partial charge in [0.05, 0.1) is 31.0 Å². The van der Waals surface area contributed by atoms with Crippen molar-refractivity contribution in [3.8, 4) is 18.1 Å².